The minimum absolute atomic E-state index is 0.260. The van der Waals surface area contributed by atoms with Gasteiger partial charge >= 0.3 is 0 Å². The fourth-order valence-electron chi connectivity index (χ4n) is 1.28. The maximum atomic E-state index is 13.3. The molecular formula is C11H14F3N. The van der Waals surface area contributed by atoms with E-state index >= 15 is 0 Å². The zero-order chi connectivity index (χ0) is 11.8. The second kappa shape index (κ2) is 3.85. The molecule has 0 aliphatic heterocycles. The van der Waals surface area contributed by atoms with Crippen molar-refractivity contribution >= 4 is 0 Å². The summed E-state index contributed by atoms with van der Waals surface area (Å²) in [5.74, 6) is -2.81. The van der Waals surface area contributed by atoms with Gasteiger partial charge in [0.25, 0.3) is 0 Å². The maximum Gasteiger partial charge on any atom is 0.133 e. The lowest BCUT2D eigenvalue weighted by atomic mass is 9.82. The largest absolute Gasteiger partial charge is 0.323 e. The minimum Gasteiger partial charge on any atom is -0.323 e. The van der Waals surface area contributed by atoms with E-state index in [1.807, 2.05) is 0 Å². The number of rotatable bonds is 1. The van der Waals surface area contributed by atoms with Crippen LogP contribution in [-0.4, -0.2) is 0 Å². The fourth-order valence-corrected chi connectivity index (χ4v) is 1.28. The predicted molar refractivity (Wildman–Crippen MR) is 52.7 cm³/mol. The molecule has 1 aromatic rings. The first-order valence-corrected chi connectivity index (χ1v) is 4.63. The van der Waals surface area contributed by atoms with Crippen LogP contribution in [0, 0.1) is 22.9 Å². The number of nitrogens with two attached hydrogens (primary N) is 1. The van der Waals surface area contributed by atoms with Gasteiger partial charge in [0.15, 0.2) is 0 Å². The third-order valence-electron chi connectivity index (χ3n) is 2.29. The third kappa shape index (κ3) is 2.50. The Morgan fingerprint density at radius 2 is 1.47 bits per heavy atom. The SMILES string of the molecule is CC(C)(C)[C@@H](N)c1c(F)cc(F)cc1F. The molecule has 15 heavy (non-hydrogen) atoms. The Morgan fingerprint density at radius 1 is 1.07 bits per heavy atom. The molecule has 1 aromatic carbocycles. The van der Waals surface area contributed by atoms with Gasteiger partial charge in [0, 0.05) is 23.7 Å². The van der Waals surface area contributed by atoms with Gasteiger partial charge in [-0.05, 0) is 5.41 Å². The molecule has 2 N–H and O–H groups in total. The molecule has 0 spiro atoms. The molecule has 0 saturated carbocycles. The molecule has 0 radical (unpaired) electrons. The summed E-state index contributed by atoms with van der Waals surface area (Å²) < 4.78 is 39.3. The molecule has 4 heteroatoms. The van der Waals surface area contributed by atoms with Crippen molar-refractivity contribution in [1.82, 2.24) is 0 Å². The summed E-state index contributed by atoms with van der Waals surface area (Å²) in [7, 11) is 0. The van der Waals surface area contributed by atoms with E-state index in [4.69, 9.17) is 5.73 Å². The van der Waals surface area contributed by atoms with Crippen LogP contribution in [0.2, 0.25) is 0 Å². The van der Waals surface area contributed by atoms with Gasteiger partial charge in [0.1, 0.15) is 17.5 Å². The summed E-state index contributed by atoms with van der Waals surface area (Å²) in [4.78, 5) is 0. The Morgan fingerprint density at radius 3 is 1.80 bits per heavy atom. The summed E-state index contributed by atoms with van der Waals surface area (Å²) in [5.41, 5.74) is 4.97. The highest BCUT2D eigenvalue weighted by Crippen LogP contribution is 2.33. The molecule has 0 heterocycles. The van der Waals surface area contributed by atoms with Crippen molar-refractivity contribution in [3.63, 3.8) is 0 Å². The van der Waals surface area contributed by atoms with Gasteiger partial charge in [-0.1, -0.05) is 20.8 Å². The van der Waals surface area contributed by atoms with Crippen LogP contribution < -0.4 is 5.73 Å². The van der Waals surface area contributed by atoms with Gasteiger partial charge in [-0.2, -0.15) is 0 Å². The van der Waals surface area contributed by atoms with Crippen LogP contribution in [0.3, 0.4) is 0 Å². The van der Waals surface area contributed by atoms with Crippen molar-refractivity contribution in [1.29, 1.82) is 0 Å². The zero-order valence-electron chi connectivity index (χ0n) is 8.94. The summed E-state index contributed by atoms with van der Waals surface area (Å²) in [6, 6.07) is 0.478. The number of hydrogen-bond donors (Lipinski definition) is 1. The van der Waals surface area contributed by atoms with Crippen molar-refractivity contribution in [3.8, 4) is 0 Å². The van der Waals surface area contributed by atoms with Crippen LogP contribution in [0.5, 0.6) is 0 Å². The number of hydrogen-bond acceptors (Lipinski definition) is 1. The van der Waals surface area contributed by atoms with E-state index in [2.05, 4.69) is 0 Å². The predicted octanol–water partition coefficient (Wildman–Crippen LogP) is 3.15. The molecular weight excluding hydrogens is 203 g/mol. The first kappa shape index (κ1) is 12.0. The lowest BCUT2D eigenvalue weighted by molar-refractivity contribution is 0.309. The molecule has 1 nitrogen and oxygen atoms in total. The molecule has 0 bridgehead atoms. The molecule has 0 aliphatic rings. The van der Waals surface area contributed by atoms with Crippen LogP contribution in [0.15, 0.2) is 12.1 Å². The van der Waals surface area contributed by atoms with Gasteiger partial charge in [0.05, 0.1) is 0 Å². The molecule has 1 atom stereocenters. The van der Waals surface area contributed by atoms with Gasteiger partial charge in [-0.15, -0.1) is 0 Å². The topological polar surface area (TPSA) is 26.0 Å². The monoisotopic (exact) mass is 217 g/mol. The van der Waals surface area contributed by atoms with E-state index in [1.165, 1.54) is 0 Å². The molecule has 0 aromatic heterocycles. The molecule has 84 valence electrons. The van der Waals surface area contributed by atoms with Crippen LogP contribution in [-0.2, 0) is 0 Å². The van der Waals surface area contributed by atoms with E-state index in [1.54, 1.807) is 20.8 Å². The fraction of sp³-hybridized carbons (Fsp3) is 0.455. The van der Waals surface area contributed by atoms with E-state index in [9.17, 15) is 13.2 Å². The smallest absolute Gasteiger partial charge is 0.133 e. The molecule has 0 aliphatic carbocycles. The Hall–Kier alpha value is -1.03. The first-order valence-electron chi connectivity index (χ1n) is 4.63. The average Bonchev–Trinajstić information content (AvgIpc) is 1.99. The van der Waals surface area contributed by atoms with Gasteiger partial charge in [0.2, 0.25) is 0 Å². The summed E-state index contributed by atoms with van der Waals surface area (Å²) >= 11 is 0. The Labute approximate surface area is 87.1 Å². The van der Waals surface area contributed by atoms with E-state index in [-0.39, 0.29) is 5.56 Å². The van der Waals surface area contributed by atoms with Crippen molar-refractivity contribution in [2.45, 2.75) is 26.8 Å². The van der Waals surface area contributed by atoms with E-state index < -0.39 is 28.9 Å². The standard InChI is InChI=1S/C11H14F3N/c1-11(2,3)10(15)9-7(13)4-6(12)5-8(9)14/h4-5,10H,15H2,1-3H3/t10-/m0/s1. The molecule has 0 fully saturated rings. The molecule has 0 amide bonds. The number of benzene rings is 1. The lowest BCUT2D eigenvalue weighted by Gasteiger charge is -2.27. The highest BCUT2D eigenvalue weighted by atomic mass is 19.1. The number of halogens is 3. The van der Waals surface area contributed by atoms with Crippen molar-refractivity contribution in [2.24, 2.45) is 11.1 Å². The summed E-state index contributed by atoms with van der Waals surface area (Å²) in [5, 5.41) is 0. The first-order chi connectivity index (χ1) is 6.73. The average molecular weight is 217 g/mol. The van der Waals surface area contributed by atoms with Gasteiger partial charge < -0.3 is 5.73 Å². The van der Waals surface area contributed by atoms with Crippen molar-refractivity contribution < 1.29 is 13.2 Å². The Kier molecular flexibility index (Phi) is 3.09. The van der Waals surface area contributed by atoms with Crippen LogP contribution in [0.1, 0.15) is 32.4 Å². The maximum absolute atomic E-state index is 13.3. The van der Waals surface area contributed by atoms with E-state index in [0.717, 1.165) is 0 Å². The van der Waals surface area contributed by atoms with Crippen LogP contribution in [0.25, 0.3) is 0 Å². The van der Waals surface area contributed by atoms with Crippen LogP contribution >= 0.6 is 0 Å². The Bertz CT molecular complexity index is 346. The molecule has 1 rings (SSSR count). The third-order valence-corrected chi connectivity index (χ3v) is 2.29. The van der Waals surface area contributed by atoms with Crippen molar-refractivity contribution in [2.75, 3.05) is 0 Å². The highest BCUT2D eigenvalue weighted by Gasteiger charge is 2.28. The second-order valence-corrected chi connectivity index (χ2v) is 4.63. The summed E-state index contributed by atoms with van der Waals surface area (Å²) in [6.45, 7) is 5.29. The van der Waals surface area contributed by atoms with Gasteiger partial charge in [-0.25, -0.2) is 13.2 Å². The second-order valence-electron chi connectivity index (χ2n) is 4.63. The molecule has 0 saturated heterocycles. The van der Waals surface area contributed by atoms with Gasteiger partial charge in [-0.3, -0.25) is 0 Å². The van der Waals surface area contributed by atoms with Crippen LogP contribution in [0.4, 0.5) is 13.2 Å². The highest BCUT2D eigenvalue weighted by molar-refractivity contribution is 5.25. The minimum atomic E-state index is -0.935. The quantitative estimate of drug-likeness (QED) is 0.768. The summed E-state index contributed by atoms with van der Waals surface area (Å²) in [6.07, 6.45) is 0. The lowest BCUT2D eigenvalue weighted by Crippen LogP contribution is -2.28. The zero-order valence-corrected chi connectivity index (χ0v) is 8.94. The van der Waals surface area contributed by atoms with Crippen molar-refractivity contribution in [3.05, 3.63) is 35.1 Å². The van der Waals surface area contributed by atoms with E-state index in [0.29, 0.717) is 12.1 Å². The Balaban J connectivity index is 3.26. The normalized spacial score (nSPS) is 14.1. The molecule has 0 unspecified atom stereocenters.